The zero-order chi connectivity index (χ0) is 14.7. The third kappa shape index (κ3) is 3.44. The molecule has 1 aromatic carbocycles. The predicted molar refractivity (Wildman–Crippen MR) is 83.9 cm³/mol. The second kappa shape index (κ2) is 6.58. The summed E-state index contributed by atoms with van der Waals surface area (Å²) in [6.07, 6.45) is 0.996. The van der Waals surface area contributed by atoms with Crippen molar-refractivity contribution in [2.24, 2.45) is 5.92 Å². The third-order valence-electron chi connectivity index (χ3n) is 4.65. The van der Waals surface area contributed by atoms with E-state index in [2.05, 4.69) is 52.4 Å². The number of rotatable bonds is 3. The van der Waals surface area contributed by atoms with Crippen molar-refractivity contribution in [2.45, 2.75) is 25.9 Å². The van der Waals surface area contributed by atoms with E-state index in [-0.39, 0.29) is 5.92 Å². The van der Waals surface area contributed by atoms with Crippen molar-refractivity contribution in [3.05, 3.63) is 35.9 Å². The fourth-order valence-electron chi connectivity index (χ4n) is 3.45. The molecular weight excluding hydrogens is 262 g/mol. The summed E-state index contributed by atoms with van der Waals surface area (Å²) in [4.78, 5) is 17.1. The van der Waals surface area contributed by atoms with Gasteiger partial charge in [0, 0.05) is 38.8 Å². The van der Waals surface area contributed by atoms with Crippen molar-refractivity contribution in [2.75, 3.05) is 32.7 Å². The van der Waals surface area contributed by atoms with Crippen molar-refractivity contribution >= 4 is 5.91 Å². The van der Waals surface area contributed by atoms with Crippen LogP contribution in [0.25, 0.3) is 0 Å². The monoisotopic (exact) mass is 287 g/mol. The van der Waals surface area contributed by atoms with Crippen LogP contribution in [0.1, 0.15) is 18.9 Å². The molecule has 0 radical (unpaired) electrons. The summed E-state index contributed by atoms with van der Waals surface area (Å²) >= 11 is 0. The van der Waals surface area contributed by atoms with Gasteiger partial charge in [0.1, 0.15) is 0 Å². The first kappa shape index (κ1) is 14.5. The number of benzene rings is 1. The van der Waals surface area contributed by atoms with Gasteiger partial charge in [-0.2, -0.15) is 0 Å². The lowest BCUT2D eigenvalue weighted by Gasteiger charge is -2.41. The number of hydrogen-bond donors (Lipinski definition) is 1. The SMILES string of the molecule is C[C@H]1CN(Cc2ccccc2)CCN1C(=O)[C@@H]1CCNC1. The van der Waals surface area contributed by atoms with Gasteiger partial charge in [-0.05, 0) is 25.5 Å². The molecule has 0 spiro atoms. The van der Waals surface area contributed by atoms with E-state index in [9.17, 15) is 4.79 Å². The van der Waals surface area contributed by atoms with Gasteiger partial charge < -0.3 is 10.2 Å². The molecule has 0 saturated carbocycles. The molecule has 1 N–H and O–H groups in total. The summed E-state index contributed by atoms with van der Waals surface area (Å²) in [5.74, 6) is 0.556. The predicted octanol–water partition coefficient (Wildman–Crippen LogP) is 1.33. The minimum absolute atomic E-state index is 0.202. The minimum Gasteiger partial charge on any atom is -0.337 e. The molecule has 3 rings (SSSR count). The van der Waals surface area contributed by atoms with E-state index < -0.39 is 0 Å². The van der Waals surface area contributed by atoms with Gasteiger partial charge in [-0.25, -0.2) is 0 Å². The van der Waals surface area contributed by atoms with Gasteiger partial charge in [-0.1, -0.05) is 30.3 Å². The maximum atomic E-state index is 12.5. The van der Waals surface area contributed by atoms with Crippen LogP contribution >= 0.6 is 0 Å². The Morgan fingerprint density at radius 2 is 2.10 bits per heavy atom. The summed E-state index contributed by atoms with van der Waals surface area (Å²) in [6.45, 7) is 7.82. The molecule has 21 heavy (non-hydrogen) atoms. The molecule has 1 amide bonds. The number of carbonyl (C=O) groups is 1. The molecule has 1 aromatic rings. The van der Waals surface area contributed by atoms with Crippen LogP contribution in [0.15, 0.2) is 30.3 Å². The number of nitrogens with one attached hydrogen (secondary N) is 1. The molecule has 2 atom stereocenters. The van der Waals surface area contributed by atoms with Crippen LogP contribution < -0.4 is 5.32 Å². The van der Waals surface area contributed by atoms with Gasteiger partial charge in [0.2, 0.25) is 5.91 Å². The minimum atomic E-state index is 0.202. The summed E-state index contributed by atoms with van der Waals surface area (Å²) in [6, 6.07) is 10.9. The molecule has 4 heteroatoms. The Morgan fingerprint density at radius 3 is 2.76 bits per heavy atom. The molecule has 0 bridgehead atoms. The Hall–Kier alpha value is -1.39. The topological polar surface area (TPSA) is 35.6 Å². The van der Waals surface area contributed by atoms with E-state index in [0.29, 0.717) is 11.9 Å². The highest BCUT2D eigenvalue weighted by molar-refractivity contribution is 5.79. The lowest BCUT2D eigenvalue weighted by Crippen LogP contribution is -2.55. The first-order chi connectivity index (χ1) is 10.2. The Kier molecular flexibility index (Phi) is 4.56. The highest BCUT2D eigenvalue weighted by atomic mass is 16.2. The molecule has 0 aliphatic carbocycles. The largest absolute Gasteiger partial charge is 0.337 e. The molecule has 2 heterocycles. The molecule has 2 aliphatic rings. The van der Waals surface area contributed by atoms with Crippen molar-refractivity contribution < 1.29 is 4.79 Å². The normalized spacial score (nSPS) is 27.0. The highest BCUT2D eigenvalue weighted by Gasteiger charge is 2.32. The standard InChI is InChI=1S/C17H25N3O/c1-14-12-19(13-15-5-3-2-4-6-15)9-10-20(14)17(21)16-7-8-18-11-16/h2-6,14,16,18H,7-13H2,1H3/t14-,16+/m0/s1. The zero-order valence-corrected chi connectivity index (χ0v) is 12.8. The van der Waals surface area contributed by atoms with Gasteiger partial charge in [-0.3, -0.25) is 9.69 Å². The molecule has 2 saturated heterocycles. The molecule has 2 aliphatic heterocycles. The van der Waals surface area contributed by atoms with Gasteiger partial charge in [0.15, 0.2) is 0 Å². The van der Waals surface area contributed by atoms with E-state index >= 15 is 0 Å². The third-order valence-corrected chi connectivity index (χ3v) is 4.65. The Morgan fingerprint density at radius 1 is 1.29 bits per heavy atom. The number of hydrogen-bond acceptors (Lipinski definition) is 3. The fraction of sp³-hybridized carbons (Fsp3) is 0.588. The van der Waals surface area contributed by atoms with E-state index in [4.69, 9.17) is 0 Å². The van der Waals surface area contributed by atoms with Crippen LogP contribution in [0.3, 0.4) is 0 Å². The summed E-state index contributed by atoms with van der Waals surface area (Å²) in [5.41, 5.74) is 1.35. The first-order valence-electron chi connectivity index (χ1n) is 8.01. The summed E-state index contributed by atoms with van der Waals surface area (Å²) in [5, 5.41) is 3.29. The van der Waals surface area contributed by atoms with Gasteiger partial charge in [-0.15, -0.1) is 0 Å². The van der Waals surface area contributed by atoms with Crippen molar-refractivity contribution in [3.8, 4) is 0 Å². The zero-order valence-electron chi connectivity index (χ0n) is 12.8. The summed E-state index contributed by atoms with van der Waals surface area (Å²) in [7, 11) is 0. The average molecular weight is 287 g/mol. The van der Waals surface area contributed by atoms with E-state index in [1.165, 1.54) is 5.56 Å². The van der Waals surface area contributed by atoms with Gasteiger partial charge >= 0.3 is 0 Å². The molecule has 4 nitrogen and oxygen atoms in total. The van der Waals surface area contributed by atoms with Crippen molar-refractivity contribution in [1.82, 2.24) is 15.1 Å². The summed E-state index contributed by atoms with van der Waals surface area (Å²) < 4.78 is 0. The van der Waals surface area contributed by atoms with Crippen molar-refractivity contribution in [3.63, 3.8) is 0 Å². The van der Waals surface area contributed by atoms with E-state index in [0.717, 1.165) is 45.7 Å². The number of carbonyl (C=O) groups excluding carboxylic acids is 1. The average Bonchev–Trinajstić information content (AvgIpc) is 3.02. The number of nitrogens with zero attached hydrogens (tertiary/aromatic N) is 2. The lowest BCUT2D eigenvalue weighted by atomic mass is 10.0. The van der Waals surface area contributed by atoms with E-state index in [1.807, 2.05) is 0 Å². The smallest absolute Gasteiger partial charge is 0.227 e. The number of amides is 1. The second-order valence-corrected chi connectivity index (χ2v) is 6.29. The quantitative estimate of drug-likeness (QED) is 0.911. The fourth-order valence-corrected chi connectivity index (χ4v) is 3.45. The van der Waals surface area contributed by atoms with Crippen LogP contribution in [0.5, 0.6) is 0 Å². The molecule has 0 unspecified atom stereocenters. The molecule has 114 valence electrons. The Labute approximate surface area is 127 Å². The highest BCUT2D eigenvalue weighted by Crippen LogP contribution is 2.18. The van der Waals surface area contributed by atoms with Crippen LogP contribution in [0.4, 0.5) is 0 Å². The molecule has 2 fully saturated rings. The molecular formula is C17H25N3O. The first-order valence-corrected chi connectivity index (χ1v) is 8.01. The maximum Gasteiger partial charge on any atom is 0.227 e. The van der Waals surface area contributed by atoms with Crippen LogP contribution in [-0.4, -0.2) is 54.5 Å². The van der Waals surface area contributed by atoms with Crippen molar-refractivity contribution in [1.29, 1.82) is 0 Å². The van der Waals surface area contributed by atoms with Crippen LogP contribution in [0, 0.1) is 5.92 Å². The second-order valence-electron chi connectivity index (χ2n) is 6.29. The van der Waals surface area contributed by atoms with E-state index in [1.54, 1.807) is 0 Å². The molecule has 0 aromatic heterocycles. The van der Waals surface area contributed by atoms with Gasteiger partial charge in [0.05, 0.1) is 5.92 Å². The van der Waals surface area contributed by atoms with Crippen LogP contribution in [-0.2, 0) is 11.3 Å². The van der Waals surface area contributed by atoms with Gasteiger partial charge in [0.25, 0.3) is 0 Å². The number of piperazine rings is 1. The maximum absolute atomic E-state index is 12.5. The lowest BCUT2D eigenvalue weighted by molar-refractivity contribution is -0.139. The Balaban J connectivity index is 1.55. The Bertz CT molecular complexity index is 470. The van der Waals surface area contributed by atoms with Crippen LogP contribution in [0.2, 0.25) is 0 Å².